The van der Waals surface area contributed by atoms with E-state index in [0.29, 0.717) is 12.0 Å². The Hall–Kier alpha value is -1.28. The Balaban J connectivity index is 2.12. The van der Waals surface area contributed by atoms with Crippen LogP contribution in [-0.4, -0.2) is 11.0 Å². The van der Waals surface area contributed by atoms with Crippen molar-refractivity contribution in [3.63, 3.8) is 0 Å². The predicted octanol–water partition coefficient (Wildman–Crippen LogP) is 3.77. The first-order valence-electron chi connectivity index (χ1n) is 7.00. The molecular formula is C16H22N2. The van der Waals surface area contributed by atoms with Gasteiger partial charge in [-0.1, -0.05) is 18.9 Å². The molecule has 2 nitrogen and oxygen atoms in total. The third kappa shape index (κ3) is 1.85. The number of aryl methyl sites for hydroxylation is 2. The quantitative estimate of drug-likeness (QED) is 0.785. The Morgan fingerprint density at radius 3 is 2.72 bits per heavy atom. The molecule has 2 unspecified atom stereocenters. The Kier molecular flexibility index (Phi) is 2.90. The Labute approximate surface area is 109 Å². The highest BCUT2D eigenvalue weighted by Crippen LogP contribution is 2.37. The van der Waals surface area contributed by atoms with Gasteiger partial charge in [-0.25, -0.2) is 0 Å². The molecule has 2 heteroatoms. The fourth-order valence-corrected chi connectivity index (χ4v) is 3.53. The van der Waals surface area contributed by atoms with Crippen LogP contribution in [0.25, 0.3) is 10.9 Å². The van der Waals surface area contributed by atoms with Crippen molar-refractivity contribution in [2.45, 2.75) is 51.5 Å². The number of benzene rings is 1. The van der Waals surface area contributed by atoms with Crippen LogP contribution in [0.5, 0.6) is 0 Å². The highest BCUT2D eigenvalue weighted by atomic mass is 14.7. The summed E-state index contributed by atoms with van der Waals surface area (Å²) in [5, 5.41) is 1.41. The minimum absolute atomic E-state index is 0.332. The summed E-state index contributed by atoms with van der Waals surface area (Å²) in [6.45, 7) is 4.36. The third-order valence-corrected chi connectivity index (χ3v) is 4.37. The van der Waals surface area contributed by atoms with E-state index in [0.717, 1.165) is 0 Å². The van der Waals surface area contributed by atoms with E-state index < -0.39 is 0 Å². The molecule has 0 bridgehead atoms. The topological polar surface area (TPSA) is 41.8 Å². The molecule has 0 saturated heterocycles. The van der Waals surface area contributed by atoms with Gasteiger partial charge >= 0.3 is 0 Å². The van der Waals surface area contributed by atoms with E-state index in [9.17, 15) is 0 Å². The molecule has 1 aliphatic rings. The molecule has 1 heterocycles. The molecule has 3 rings (SSSR count). The first kappa shape index (κ1) is 11.8. The lowest BCUT2D eigenvalue weighted by Crippen LogP contribution is -2.31. The van der Waals surface area contributed by atoms with E-state index in [1.165, 1.54) is 53.3 Å². The van der Waals surface area contributed by atoms with Gasteiger partial charge in [-0.3, -0.25) is 0 Å². The number of rotatable bonds is 1. The van der Waals surface area contributed by atoms with Gasteiger partial charge in [0.15, 0.2) is 0 Å². The number of nitrogens with two attached hydrogens (primary N) is 1. The van der Waals surface area contributed by atoms with E-state index in [4.69, 9.17) is 5.73 Å². The van der Waals surface area contributed by atoms with Crippen LogP contribution in [-0.2, 0) is 0 Å². The van der Waals surface area contributed by atoms with Crippen molar-refractivity contribution in [2.75, 3.05) is 0 Å². The largest absolute Gasteiger partial charge is 0.361 e. The summed E-state index contributed by atoms with van der Waals surface area (Å²) in [4.78, 5) is 3.43. The molecular weight excluding hydrogens is 220 g/mol. The molecule has 0 amide bonds. The molecule has 2 aromatic rings. The maximum Gasteiger partial charge on any atom is 0.0462 e. The second-order valence-corrected chi connectivity index (χ2v) is 5.80. The zero-order valence-electron chi connectivity index (χ0n) is 11.3. The zero-order chi connectivity index (χ0) is 12.7. The Bertz CT molecular complexity index is 568. The van der Waals surface area contributed by atoms with Crippen LogP contribution in [0.4, 0.5) is 0 Å². The van der Waals surface area contributed by atoms with Gasteiger partial charge in [0.2, 0.25) is 0 Å². The van der Waals surface area contributed by atoms with Gasteiger partial charge in [-0.2, -0.15) is 0 Å². The molecule has 3 N–H and O–H groups in total. The van der Waals surface area contributed by atoms with Crippen molar-refractivity contribution in [3.8, 4) is 0 Å². The summed E-state index contributed by atoms with van der Waals surface area (Å²) in [6, 6.07) is 4.84. The lowest BCUT2D eigenvalue weighted by Gasteiger charge is -2.28. The monoisotopic (exact) mass is 242 g/mol. The first-order chi connectivity index (χ1) is 8.66. The van der Waals surface area contributed by atoms with Gasteiger partial charge in [0.1, 0.15) is 0 Å². The van der Waals surface area contributed by atoms with Crippen molar-refractivity contribution < 1.29 is 0 Å². The number of hydrogen-bond acceptors (Lipinski definition) is 1. The van der Waals surface area contributed by atoms with Gasteiger partial charge in [0.05, 0.1) is 0 Å². The molecule has 0 spiro atoms. The molecule has 18 heavy (non-hydrogen) atoms. The second-order valence-electron chi connectivity index (χ2n) is 5.80. The van der Waals surface area contributed by atoms with Crippen LogP contribution >= 0.6 is 0 Å². The second kappa shape index (κ2) is 4.43. The summed E-state index contributed by atoms with van der Waals surface area (Å²) in [7, 11) is 0. The molecule has 1 aromatic carbocycles. The minimum atomic E-state index is 0.332. The van der Waals surface area contributed by atoms with Crippen LogP contribution in [0.1, 0.15) is 48.3 Å². The maximum absolute atomic E-state index is 6.33. The van der Waals surface area contributed by atoms with Crippen LogP contribution in [0, 0.1) is 13.8 Å². The Morgan fingerprint density at radius 1 is 1.17 bits per heavy atom. The van der Waals surface area contributed by atoms with E-state index >= 15 is 0 Å². The lowest BCUT2D eigenvalue weighted by molar-refractivity contribution is 0.387. The van der Waals surface area contributed by atoms with Gasteiger partial charge in [0.25, 0.3) is 0 Å². The number of hydrogen-bond donors (Lipinski definition) is 2. The average Bonchev–Trinajstić information content (AvgIpc) is 2.73. The molecule has 2 atom stereocenters. The van der Waals surface area contributed by atoms with Crippen molar-refractivity contribution in [1.29, 1.82) is 0 Å². The lowest BCUT2D eigenvalue weighted by atomic mass is 9.80. The van der Waals surface area contributed by atoms with Crippen LogP contribution < -0.4 is 5.73 Å². The van der Waals surface area contributed by atoms with Crippen LogP contribution in [0.2, 0.25) is 0 Å². The van der Waals surface area contributed by atoms with E-state index in [2.05, 4.69) is 37.2 Å². The molecule has 1 saturated carbocycles. The third-order valence-electron chi connectivity index (χ3n) is 4.37. The van der Waals surface area contributed by atoms with Gasteiger partial charge < -0.3 is 10.7 Å². The SMILES string of the molecule is Cc1cc(C)c2c(C3CCCCC3N)c[nH]c2c1. The van der Waals surface area contributed by atoms with E-state index in [1.807, 2.05) is 0 Å². The van der Waals surface area contributed by atoms with Crippen molar-refractivity contribution >= 4 is 10.9 Å². The van der Waals surface area contributed by atoms with Crippen molar-refractivity contribution in [3.05, 3.63) is 35.0 Å². The fraction of sp³-hybridized carbons (Fsp3) is 0.500. The number of aromatic nitrogens is 1. The summed E-state index contributed by atoms with van der Waals surface area (Å²) in [6.07, 6.45) is 7.20. The maximum atomic E-state index is 6.33. The highest BCUT2D eigenvalue weighted by Gasteiger charge is 2.26. The first-order valence-corrected chi connectivity index (χ1v) is 7.00. The highest BCUT2D eigenvalue weighted by molar-refractivity contribution is 5.87. The molecule has 0 aliphatic heterocycles. The van der Waals surface area contributed by atoms with Crippen molar-refractivity contribution in [2.24, 2.45) is 5.73 Å². The number of aromatic amines is 1. The standard InChI is InChI=1S/C16H22N2/c1-10-7-11(2)16-13(9-18-15(16)8-10)12-5-3-4-6-14(12)17/h7-9,12,14,18H,3-6,17H2,1-2H3. The molecule has 0 radical (unpaired) electrons. The van der Waals surface area contributed by atoms with Crippen molar-refractivity contribution in [1.82, 2.24) is 4.98 Å². The molecule has 96 valence electrons. The van der Waals surface area contributed by atoms with Gasteiger partial charge in [-0.05, 0) is 49.4 Å². The summed E-state index contributed by atoms with van der Waals surface area (Å²) >= 11 is 0. The smallest absolute Gasteiger partial charge is 0.0462 e. The summed E-state index contributed by atoms with van der Waals surface area (Å²) in [5.41, 5.74) is 11.7. The van der Waals surface area contributed by atoms with Crippen LogP contribution in [0.15, 0.2) is 18.3 Å². The number of fused-ring (bicyclic) bond motifs is 1. The van der Waals surface area contributed by atoms with Crippen LogP contribution in [0.3, 0.4) is 0 Å². The predicted molar refractivity (Wildman–Crippen MR) is 77.0 cm³/mol. The number of nitrogens with one attached hydrogen (secondary N) is 1. The molecule has 1 aliphatic carbocycles. The van der Waals surface area contributed by atoms with E-state index in [1.54, 1.807) is 0 Å². The zero-order valence-corrected chi connectivity index (χ0v) is 11.3. The van der Waals surface area contributed by atoms with Gasteiger partial charge in [0, 0.05) is 29.1 Å². The normalized spacial score (nSPS) is 24.6. The Morgan fingerprint density at radius 2 is 1.94 bits per heavy atom. The molecule has 1 fully saturated rings. The summed E-state index contributed by atoms with van der Waals surface area (Å²) in [5.74, 6) is 0.536. The average molecular weight is 242 g/mol. The minimum Gasteiger partial charge on any atom is -0.361 e. The van der Waals surface area contributed by atoms with E-state index in [-0.39, 0.29) is 0 Å². The molecule has 1 aromatic heterocycles. The number of H-pyrrole nitrogens is 1. The summed E-state index contributed by atoms with van der Waals surface area (Å²) < 4.78 is 0. The van der Waals surface area contributed by atoms with Gasteiger partial charge in [-0.15, -0.1) is 0 Å². The fourth-order valence-electron chi connectivity index (χ4n) is 3.53.